The van der Waals surface area contributed by atoms with E-state index < -0.39 is 17.8 Å². The molecule has 4 nitrogen and oxygen atoms in total. The molecular weight excluding hydrogens is 299 g/mol. The fraction of sp³-hybridized carbons (Fsp3) is 0.133. The minimum absolute atomic E-state index is 0.0104. The molecule has 2 aromatic carbocycles. The molecular formula is C15H12F3NO3. The second-order valence-corrected chi connectivity index (χ2v) is 4.34. The fourth-order valence-corrected chi connectivity index (χ4v) is 1.83. The maximum Gasteiger partial charge on any atom is 0.416 e. The Balaban J connectivity index is 2.12. The van der Waals surface area contributed by atoms with Crippen LogP contribution < -0.4 is 15.2 Å². The highest BCUT2D eigenvalue weighted by Crippen LogP contribution is 2.32. The maximum absolute atomic E-state index is 12.9. The molecule has 0 bridgehead atoms. The molecule has 0 heterocycles. The van der Waals surface area contributed by atoms with Gasteiger partial charge in [-0.15, -0.1) is 0 Å². The third-order valence-electron chi connectivity index (χ3n) is 2.74. The largest absolute Gasteiger partial charge is 0.489 e. The Bertz CT molecular complexity index is 671. The standard InChI is InChI=1S/C15H12F3NO3/c16-15(17,18)13-7-2-1-4-10(13)9-21-11-5-3-6-12(8-11)22-14(19)20/h1-8H,9H2,(H2,19,20). The van der Waals surface area contributed by atoms with Gasteiger partial charge in [0.1, 0.15) is 18.1 Å². The molecule has 7 heteroatoms. The van der Waals surface area contributed by atoms with Gasteiger partial charge in [0, 0.05) is 11.6 Å². The van der Waals surface area contributed by atoms with E-state index in [1.54, 1.807) is 0 Å². The molecule has 0 spiro atoms. The molecule has 0 aliphatic heterocycles. The SMILES string of the molecule is NC(=O)Oc1cccc(OCc2ccccc2C(F)(F)F)c1. The van der Waals surface area contributed by atoms with E-state index in [9.17, 15) is 18.0 Å². The number of ether oxygens (including phenoxy) is 2. The van der Waals surface area contributed by atoms with Gasteiger partial charge in [-0.25, -0.2) is 4.79 Å². The summed E-state index contributed by atoms with van der Waals surface area (Å²) in [6.07, 6.45) is -5.43. The lowest BCUT2D eigenvalue weighted by molar-refractivity contribution is -0.138. The fourth-order valence-electron chi connectivity index (χ4n) is 1.83. The van der Waals surface area contributed by atoms with Crippen molar-refractivity contribution in [2.24, 2.45) is 5.73 Å². The molecule has 0 unspecified atom stereocenters. The van der Waals surface area contributed by atoms with Crippen molar-refractivity contribution in [1.29, 1.82) is 0 Å². The van der Waals surface area contributed by atoms with Gasteiger partial charge in [-0.1, -0.05) is 24.3 Å². The van der Waals surface area contributed by atoms with Gasteiger partial charge >= 0.3 is 12.3 Å². The van der Waals surface area contributed by atoms with Crippen LogP contribution in [0.4, 0.5) is 18.0 Å². The number of nitrogens with two attached hydrogens (primary N) is 1. The van der Waals surface area contributed by atoms with E-state index in [0.717, 1.165) is 6.07 Å². The Morgan fingerprint density at radius 1 is 1.05 bits per heavy atom. The first-order valence-corrected chi connectivity index (χ1v) is 6.21. The van der Waals surface area contributed by atoms with Crippen molar-refractivity contribution >= 4 is 6.09 Å². The molecule has 22 heavy (non-hydrogen) atoms. The Labute approximate surface area is 124 Å². The van der Waals surface area contributed by atoms with Crippen LogP contribution in [0.2, 0.25) is 0 Å². The summed E-state index contributed by atoms with van der Waals surface area (Å²) in [7, 11) is 0. The molecule has 2 N–H and O–H groups in total. The first-order valence-electron chi connectivity index (χ1n) is 6.21. The Kier molecular flexibility index (Phi) is 4.55. The summed E-state index contributed by atoms with van der Waals surface area (Å²) in [6, 6.07) is 11.0. The van der Waals surface area contributed by atoms with Gasteiger partial charge in [-0.3, -0.25) is 0 Å². The minimum atomic E-state index is -4.45. The monoisotopic (exact) mass is 311 g/mol. The van der Waals surface area contributed by atoms with Gasteiger partial charge in [-0.05, 0) is 18.2 Å². The predicted octanol–water partition coefficient (Wildman–Crippen LogP) is 3.74. The van der Waals surface area contributed by atoms with E-state index in [4.69, 9.17) is 10.5 Å². The van der Waals surface area contributed by atoms with E-state index in [1.807, 2.05) is 0 Å². The summed E-state index contributed by atoms with van der Waals surface area (Å²) >= 11 is 0. The molecule has 2 rings (SSSR count). The Morgan fingerprint density at radius 3 is 2.41 bits per heavy atom. The predicted molar refractivity (Wildman–Crippen MR) is 72.4 cm³/mol. The number of amides is 1. The normalized spacial score (nSPS) is 11.0. The van der Waals surface area contributed by atoms with E-state index >= 15 is 0 Å². The van der Waals surface area contributed by atoms with E-state index in [0.29, 0.717) is 0 Å². The van der Waals surface area contributed by atoms with E-state index in [-0.39, 0.29) is 23.7 Å². The lowest BCUT2D eigenvalue weighted by atomic mass is 10.1. The number of primary amides is 1. The first-order chi connectivity index (χ1) is 10.4. The highest BCUT2D eigenvalue weighted by molar-refractivity contribution is 5.68. The zero-order valence-electron chi connectivity index (χ0n) is 11.3. The second-order valence-electron chi connectivity index (χ2n) is 4.34. The number of halogens is 3. The summed E-state index contributed by atoms with van der Waals surface area (Å²) < 4.78 is 48.5. The van der Waals surface area contributed by atoms with Crippen molar-refractivity contribution in [2.45, 2.75) is 12.8 Å². The van der Waals surface area contributed by atoms with Crippen LogP contribution in [-0.2, 0) is 12.8 Å². The van der Waals surface area contributed by atoms with Crippen LogP contribution in [0.15, 0.2) is 48.5 Å². The number of benzene rings is 2. The van der Waals surface area contributed by atoms with Crippen molar-refractivity contribution in [1.82, 2.24) is 0 Å². The summed E-state index contributed by atoms with van der Waals surface area (Å²) in [6.45, 7) is -0.268. The van der Waals surface area contributed by atoms with Crippen molar-refractivity contribution in [3.63, 3.8) is 0 Å². The van der Waals surface area contributed by atoms with Gasteiger partial charge in [-0.2, -0.15) is 13.2 Å². The van der Waals surface area contributed by atoms with Gasteiger partial charge in [0.15, 0.2) is 0 Å². The Morgan fingerprint density at radius 2 is 1.73 bits per heavy atom. The van der Waals surface area contributed by atoms with Crippen molar-refractivity contribution < 1.29 is 27.4 Å². The molecule has 2 aromatic rings. The molecule has 1 amide bonds. The van der Waals surface area contributed by atoms with Crippen LogP contribution in [0, 0.1) is 0 Å². The van der Waals surface area contributed by atoms with Gasteiger partial charge in [0.25, 0.3) is 0 Å². The lowest BCUT2D eigenvalue weighted by Gasteiger charge is -2.13. The summed E-state index contributed by atoms with van der Waals surface area (Å²) in [5.74, 6) is 0.407. The molecule has 0 radical (unpaired) electrons. The number of hydrogen-bond acceptors (Lipinski definition) is 3. The number of alkyl halides is 3. The van der Waals surface area contributed by atoms with Gasteiger partial charge in [0.2, 0.25) is 0 Å². The van der Waals surface area contributed by atoms with Crippen LogP contribution in [0.25, 0.3) is 0 Å². The molecule has 0 saturated carbocycles. The molecule has 0 fully saturated rings. The minimum Gasteiger partial charge on any atom is -0.489 e. The van der Waals surface area contributed by atoms with Crippen molar-refractivity contribution in [2.75, 3.05) is 0 Å². The number of rotatable bonds is 4. The summed E-state index contributed by atoms with van der Waals surface area (Å²) in [5.41, 5.74) is 4.14. The Hall–Kier alpha value is -2.70. The van der Waals surface area contributed by atoms with E-state index in [2.05, 4.69) is 4.74 Å². The average Bonchev–Trinajstić information content (AvgIpc) is 2.44. The number of carbonyl (C=O) groups is 1. The highest BCUT2D eigenvalue weighted by atomic mass is 19.4. The molecule has 0 aromatic heterocycles. The highest BCUT2D eigenvalue weighted by Gasteiger charge is 2.32. The summed E-state index contributed by atoms with van der Waals surface area (Å²) in [4.78, 5) is 10.6. The molecule has 0 aliphatic rings. The third-order valence-corrected chi connectivity index (χ3v) is 2.74. The number of carbonyl (C=O) groups excluding carboxylic acids is 1. The quantitative estimate of drug-likeness (QED) is 0.935. The zero-order valence-corrected chi connectivity index (χ0v) is 11.3. The van der Waals surface area contributed by atoms with Crippen LogP contribution in [0.5, 0.6) is 11.5 Å². The smallest absolute Gasteiger partial charge is 0.416 e. The zero-order chi connectivity index (χ0) is 16.2. The van der Waals surface area contributed by atoms with Crippen LogP contribution in [-0.4, -0.2) is 6.09 Å². The maximum atomic E-state index is 12.9. The molecule has 0 saturated heterocycles. The molecule has 0 atom stereocenters. The van der Waals surface area contributed by atoms with Gasteiger partial charge in [0.05, 0.1) is 5.56 Å². The van der Waals surface area contributed by atoms with Crippen molar-refractivity contribution in [3.8, 4) is 11.5 Å². The van der Waals surface area contributed by atoms with Crippen LogP contribution in [0.1, 0.15) is 11.1 Å². The third kappa shape index (κ3) is 4.15. The first kappa shape index (κ1) is 15.7. The van der Waals surface area contributed by atoms with Crippen LogP contribution >= 0.6 is 0 Å². The van der Waals surface area contributed by atoms with E-state index in [1.165, 1.54) is 42.5 Å². The molecule has 0 aliphatic carbocycles. The number of hydrogen-bond donors (Lipinski definition) is 1. The van der Waals surface area contributed by atoms with Gasteiger partial charge < -0.3 is 15.2 Å². The summed E-state index contributed by atoms with van der Waals surface area (Å²) in [5, 5.41) is 0. The lowest BCUT2D eigenvalue weighted by Crippen LogP contribution is -2.16. The van der Waals surface area contributed by atoms with Crippen molar-refractivity contribution in [3.05, 3.63) is 59.7 Å². The second kappa shape index (κ2) is 6.38. The average molecular weight is 311 g/mol. The molecule has 116 valence electrons. The van der Waals surface area contributed by atoms with Crippen LogP contribution in [0.3, 0.4) is 0 Å². The topological polar surface area (TPSA) is 61.6 Å².